The van der Waals surface area contributed by atoms with E-state index in [9.17, 15) is 4.79 Å². The average molecular weight is 260 g/mol. The second-order valence-electron chi connectivity index (χ2n) is 4.27. The Kier molecular flexibility index (Phi) is 2.49. The van der Waals surface area contributed by atoms with Crippen molar-refractivity contribution in [1.29, 1.82) is 0 Å². The van der Waals surface area contributed by atoms with Crippen molar-refractivity contribution in [2.75, 3.05) is 0 Å². The number of H-pyrrole nitrogens is 1. The van der Waals surface area contributed by atoms with Crippen LogP contribution in [0.5, 0.6) is 0 Å². The van der Waals surface area contributed by atoms with Crippen molar-refractivity contribution in [1.82, 2.24) is 4.98 Å². The molecule has 2 aromatic carbocycles. The number of halogens is 1. The van der Waals surface area contributed by atoms with E-state index in [0.717, 1.165) is 27.4 Å². The van der Waals surface area contributed by atoms with Crippen LogP contribution in [0, 0.1) is 0 Å². The van der Waals surface area contributed by atoms with Crippen LogP contribution in [0.4, 0.5) is 0 Å². The van der Waals surface area contributed by atoms with Gasteiger partial charge in [0, 0.05) is 26.8 Å². The molecule has 18 heavy (non-hydrogen) atoms. The standard InChI is InChI=1S/C14H10ClNO2/c15-9-2-4-13-11(7-9)10-5-8(6-14(17)18)1-3-12(10)16-13/h1-5,7,16H,6H2,(H,17,18). The minimum Gasteiger partial charge on any atom is -0.481 e. The Hall–Kier alpha value is -2.00. The summed E-state index contributed by atoms with van der Waals surface area (Å²) in [4.78, 5) is 14.0. The Labute approximate surface area is 108 Å². The number of nitrogens with one attached hydrogen (secondary N) is 1. The molecule has 3 rings (SSSR count). The molecule has 0 saturated heterocycles. The van der Waals surface area contributed by atoms with Gasteiger partial charge in [0.15, 0.2) is 0 Å². The van der Waals surface area contributed by atoms with Crippen LogP contribution in [0.15, 0.2) is 36.4 Å². The summed E-state index contributed by atoms with van der Waals surface area (Å²) in [5.74, 6) is -0.827. The first kappa shape index (κ1) is 11.1. The van der Waals surface area contributed by atoms with Gasteiger partial charge in [-0.05, 0) is 35.9 Å². The molecule has 0 bridgehead atoms. The molecule has 2 N–H and O–H groups in total. The summed E-state index contributed by atoms with van der Waals surface area (Å²) in [6, 6.07) is 11.3. The second kappa shape index (κ2) is 4.03. The third kappa shape index (κ3) is 1.83. The number of carboxylic acid groups (broad SMARTS) is 1. The van der Waals surface area contributed by atoms with Gasteiger partial charge in [0.2, 0.25) is 0 Å². The molecule has 0 amide bonds. The van der Waals surface area contributed by atoms with Gasteiger partial charge in [-0.25, -0.2) is 0 Å². The molecule has 1 heterocycles. The van der Waals surface area contributed by atoms with Gasteiger partial charge in [0.1, 0.15) is 0 Å². The van der Waals surface area contributed by atoms with Gasteiger partial charge in [-0.3, -0.25) is 4.79 Å². The summed E-state index contributed by atoms with van der Waals surface area (Å²) in [6.45, 7) is 0. The number of carboxylic acids is 1. The topological polar surface area (TPSA) is 53.1 Å². The first-order chi connectivity index (χ1) is 8.63. The summed E-state index contributed by atoms with van der Waals surface area (Å²) in [6.07, 6.45) is 0.0309. The molecule has 0 unspecified atom stereocenters. The minimum atomic E-state index is -0.827. The Morgan fingerprint density at radius 1 is 1.11 bits per heavy atom. The number of hydrogen-bond donors (Lipinski definition) is 2. The van der Waals surface area contributed by atoms with E-state index >= 15 is 0 Å². The number of aromatic nitrogens is 1. The quantitative estimate of drug-likeness (QED) is 0.739. The molecule has 0 saturated carbocycles. The van der Waals surface area contributed by atoms with Gasteiger partial charge < -0.3 is 10.1 Å². The molecule has 0 aliphatic rings. The summed E-state index contributed by atoms with van der Waals surface area (Å²) < 4.78 is 0. The maximum Gasteiger partial charge on any atom is 0.307 e. The highest BCUT2D eigenvalue weighted by Crippen LogP contribution is 2.28. The molecule has 1 aromatic heterocycles. The first-order valence-corrected chi connectivity index (χ1v) is 5.93. The summed E-state index contributed by atoms with van der Waals surface area (Å²) >= 11 is 5.99. The first-order valence-electron chi connectivity index (χ1n) is 5.55. The maximum absolute atomic E-state index is 10.7. The number of rotatable bonds is 2. The minimum absolute atomic E-state index is 0.0309. The highest BCUT2D eigenvalue weighted by atomic mass is 35.5. The Morgan fingerprint density at radius 3 is 2.50 bits per heavy atom. The smallest absolute Gasteiger partial charge is 0.307 e. The van der Waals surface area contributed by atoms with Crippen molar-refractivity contribution in [3.05, 3.63) is 47.0 Å². The maximum atomic E-state index is 10.7. The van der Waals surface area contributed by atoms with E-state index in [1.54, 1.807) is 0 Å². The Balaban J connectivity index is 2.27. The predicted molar refractivity (Wildman–Crippen MR) is 72.2 cm³/mol. The fourth-order valence-corrected chi connectivity index (χ4v) is 2.37. The molecule has 3 aromatic rings. The van der Waals surface area contributed by atoms with E-state index in [1.807, 2.05) is 36.4 Å². The van der Waals surface area contributed by atoms with E-state index in [2.05, 4.69) is 4.98 Å². The lowest BCUT2D eigenvalue weighted by Gasteiger charge is -1.98. The monoisotopic (exact) mass is 259 g/mol. The lowest BCUT2D eigenvalue weighted by atomic mass is 10.1. The third-order valence-corrected chi connectivity index (χ3v) is 3.22. The van der Waals surface area contributed by atoms with Crippen molar-refractivity contribution in [3.8, 4) is 0 Å². The Bertz CT molecular complexity index is 761. The molecular formula is C14H10ClNO2. The Morgan fingerprint density at radius 2 is 1.78 bits per heavy atom. The summed E-state index contributed by atoms with van der Waals surface area (Å²) in [7, 11) is 0. The van der Waals surface area contributed by atoms with E-state index in [0.29, 0.717) is 5.02 Å². The molecule has 4 heteroatoms. The van der Waals surface area contributed by atoms with E-state index in [4.69, 9.17) is 16.7 Å². The highest BCUT2D eigenvalue weighted by molar-refractivity contribution is 6.31. The van der Waals surface area contributed by atoms with Crippen LogP contribution in [0.2, 0.25) is 5.02 Å². The van der Waals surface area contributed by atoms with Crippen LogP contribution in [-0.4, -0.2) is 16.1 Å². The van der Waals surface area contributed by atoms with Crippen LogP contribution < -0.4 is 0 Å². The van der Waals surface area contributed by atoms with Crippen LogP contribution in [0.1, 0.15) is 5.56 Å². The van der Waals surface area contributed by atoms with Crippen molar-refractivity contribution < 1.29 is 9.90 Å². The van der Waals surface area contributed by atoms with Gasteiger partial charge in [-0.15, -0.1) is 0 Å². The SMILES string of the molecule is O=C(O)Cc1ccc2[nH]c3ccc(Cl)cc3c2c1. The van der Waals surface area contributed by atoms with Crippen LogP contribution in [-0.2, 0) is 11.2 Å². The number of aromatic amines is 1. The lowest BCUT2D eigenvalue weighted by Crippen LogP contribution is -1.99. The average Bonchev–Trinajstić information content (AvgIpc) is 2.66. The van der Waals surface area contributed by atoms with Crippen molar-refractivity contribution in [3.63, 3.8) is 0 Å². The molecule has 3 nitrogen and oxygen atoms in total. The number of aliphatic carboxylic acids is 1. The lowest BCUT2D eigenvalue weighted by molar-refractivity contribution is -0.136. The summed E-state index contributed by atoms with van der Waals surface area (Å²) in [5.41, 5.74) is 2.78. The fourth-order valence-electron chi connectivity index (χ4n) is 2.20. The van der Waals surface area contributed by atoms with Crippen LogP contribution >= 0.6 is 11.6 Å². The van der Waals surface area contributed by atoms with E-state index in [-0.39, 0.29) is 6.42 Å². The highest BCUT2D eigenvalue weighted by Gasteiger charge is 2.07. The van der Waals surface area contributed by atoms with Crippen molar-refractivity contribution in [2.24, 2.45) is 0 Å². The zero-order chi connectivity index (χ0) is 12.7. The molecule has 90 valence electrons. The zero-order valence-corrected chi connectivity index (χ0v) is 10.2. The van der Waals surface area contributed by atoms with E-state index < -0.39 is 5.97 Å². The van der Waals surface area contributed by atoms with Gasteiger partial charge in [0.25, 0.3) is 0 Å². The van der Waals surface area contributed by atoms with Gasteiger partial charge >= 0.3 is 5.97 Å². The largest absolute Gasteiger partial charge is 0.481 e. The number of carbonyl (C=O) groups is 1. The van der Waals surface area contributed by atoms with Crippen molar-refractivity contribution in [2.45, 2.75) is 6.42 Å². The van der Waals surface area contributed by atoms with Crippen LogP contribution in [0.3, 0.4) is 0 Å². The number of fused-ring (bicyclic) bond motifs is 3. The normalized spacial score (nSPS) is 11.2. The summed E-state index contributed by atoms with van der Waals surface area (Å²) in [5, 5.41) is 11.5. The predicted octanol–water partition coefficient (Wildman–Crippen LogP) is 3.60. The fraction of sp³-hybridized carbons (Fsp3) is 0.0714. The second-order valence-corrected chi connectivity index (χ2v) is 4.70. The van der Waals surface area contributed by atoms with Crippen molar-refractivity contribution >= 4 is 39.4 Å². The number of hydrogen-bond acceptors (Lipinski definition) is 1. The van der Waals surface area contributed by atoms with Gasteiger partial charge in [0.05, 0.1) is 6.42 Å². The molecule has 0 aliphatic carbocycles. The molecular weight excluding hydrogens is 250 g/mol. The van der Waals surface area contributed by atoms with Gasteiger partial charge in [-0.1, -0.05) is 17.7 Å². The molecule has 0 fully saturated rings. The number of benzene rings is 2. The zero-order valence-electron chi connectivity index (χ0n) is 9.40. The van der Waals surface area contributed by atoms with Crippen LogP contribution in [0.25, 0.3) is 21.8 Å². The third-order valence-electron chi connectivity index (χ3n) is 2.98. The molecule has 0 atom stereocenters. The molecule has 0 radical (unpaired) electrons. The van der Waals surface area contributed by atoms with Gasteiger partial charge in [-0.2, -0.15) is 0 Å². The molecule has 0 aliphatic heterocycles. The van der Waals surface area contributed by atoms with E-state index in [1.165, 1.54) is 0 Å². The molecule has 0 spiro atoms.